The molecule has 0 saturated heterocycles. The highest BCUT2D eigenvalue weighted by Crippen LogP contribution is 2.09. The Bertz CT molecular complexity index is 508. The second-order valence-electron chi connectivity index (χ2n) is 3.77. The molecule has 0 aliphatic heterocycles. The molecule has 8 nitrogen and oxygen atoms in total. The molecule has 1 heterocycles. The van der Waals surface area contributed by atoms with Crippen molar-refractivity contribution >= 4 is 39.2 Å². The molecule has 0 radical (unpaired) electrons. The topological polar surface area (TPSA) is 117 Å². The maximum atomic E-state index is 11.5. The summed E-state index contributed by atoms with van der Waals surface area (Å²) in [6.07, 6.45) is 0.745. The van der Waals surface area contributed by atoms with E-state index in [1.54, 1.807) is 0 Å². The average molecular weight is 344 g/mol. The second-order valence-corrected chi connectivity index (χ2v) is 6.37. The lowest BCUT2D eigenvalue weighted by Crippen LogP contribution is -2.28. The van der Waals surface area contributed by atoms with E-state index in [0.717, 1.165) is 0 Å². The number of aromatic nitrogens is 3. The summed E-state index contributed by atoms with van der Waals surface area (Å²) in [5, 5.41) is 11.3. The number of rotatable bonds is 9. The van der Waals surface area contributed by atoms with Crippen LogP contribution in [0.25, 0.3) is 0 Å². The zero-order valence-corrected chi connectivity index (χ0v) is 12.8. The van der Waals surface area contributed by atoms with Crippen LogP contribution in [-0.2, 0) is 10.0 Å². The number of nitrogens with one attached hydrogen (secondary N) is 2. The van der Waals surface area contributed by atoms with Gasteiger partial charge in [-0.05, 0) is 36.0 Å². The number of aliphatic hydroxyl groups excluding tert-OH is 1. The Morgan fingerprint density at radius 1 is 1.05 bits per heavy atom. The molecule has 0 spiro atoms. The maximum Gasteiger partial charge on any atom is 0.228 e. The van der Waals surface area contributed by atoms with E-state index in [4.69, 9.17) is 28.3 Å². The number of nitrogens with zero attached hydrogens (tertiary/aromatic N) is 3. The third kappa shape index (κ3) is 7.15. The lowest BCUT2D eigenvalue weighted by molar-refractivity contribution is 0.289. The molecule has 0 fully saturated rings. The molecular formula is C9H15Cl2N5O3S. The fourth-order valence-corrected chi connectivity index (χ4v) is 2.73. The highest BCUT2D eigenvalue weighted by molar-refractivity contribution is 7.89. The summed E-state index contributed by atoms with van der Waals surface area (Å²) in [6.45, 7) is 0.521. The van der Waals surface area contributed by atoms with Crippen molar-refractivity contribution in [1.29, 1.82) is 0 Å². The highest BCUT2D eigenvalue weighted by Gasteiger charge is 2.09. The number of halogens is 2. The number of hydrogen-bond acceptors (Lipinski definition) is 7. The summed E-state index contributed by atoms with van der Waals surface area (Å²) in [4.78, 5) is 11.2. The second kappa shape index (κ2) is 8.53. The summed E-state index contributed by atoms with van der Waals surface area (Å²) in [5.41, 5.74) is 0. The van der Waals surface area contributed by atoms with Crippen molar-refractivity contribution in [2.75, 3.05) is 30.8 Å². The Hall–Kier alpha value is -0.740. The van der Waals surface area contributed by atoms with Gasteiger partial charge in [-0.25, -0.2) is 13.1 Å². The van der Waals surface area contributed by atoms with Gasteiger partial charge in [-0.3, -0.25) is 0 Å². The van der Waals surface area contributed by atoms with Gasteiger partial charge in [0.1, 0.15) is 0 Å². The van der Waals surface area contributed by atoms with Crippen LogP contribution < -0.4 is 10.0 Å². The first-order valence-corrected chi connectivity index (χ1v) is 8.23. The van der Waals surface area contributed by atoms with Crippen LogP contribution in [0, 0.1) is 0 Å². The molecule has 0 bridgehead atoms. The molecular weight excluding hydrogens is 329 g/mol. The SMILES string of the molecule is O=S(=O)(CCCNc1nc(Cl)nc(Cl)n1)NCCCO. The van der Waals surface area contributed by atoms with Crippen LogP contribution in [0.15, 0.2) is 0 Å². The van der Waals surface area contributed by atoms with Gasteiger partial charge in [0.2, 0.25) is 26.5 Å². The predicted octanol–water partition coefficient (Wildman–Crippen LogP) is 0.282. The first kappa shape index (κ1) is 17.3. The summed E-state index contributed by atoms with van der Waals surface area (Å²) >= 11 is 11.2. The standard InChI is InChI=1S/C9H15Cl2N5O3S/c10-7-14-8(11)16-9(15-7)12-3-2-6-20(18,19)13-4-1-5-17/h13,17H,1-6H2,(H,12,14,15,16). The van der Waals surface area contributed by atoms with Gasteiger partial charge >= 0.3 is 0 Å². The van der Waals surface area contributed by atoms with E-state index in [-0.39, 0.29) is 35.4 Å². The fourth-order valence-electron chi connectivity index (χ4n) is 1.25. The Labute approximate surface area is 127 Å². The van der Waals surface area contributed by atoms with Gasteiger partial charge in [-0.2, -0.15) is 15.0 Å². The van der Waals surface area contributed by atoms with Crippen LogP contribution in [0.1, 0.15) is 12.8 Å². The van der Waals surface area contributed by atoms with Crippen molar-refractivity contribution in [1.82, 2.24) is 19.7 Å². The predicted molar refractivity (Wildman–Crippen MR) is 76.4 cm³/mol. The lowest BCUT2D eigenvalue weighted by Gasteiger charge is -2.07. The van der Waals surface area contributed by atoms with Crippen molar-refractivity contribution < 1.29 is 13.5 Å². The first-order chi connectivity index (χ1) is 9.43. The molecule has 3 N–H and O–H groups in total. The largest absolute Gasteiger partial charge is 0.396 e. The Kier molecular flexibility index (Phi) is 7.38. The van der Waals surface area contributed by atoms with E-state index < -0.39 is 10.0 Å². The fraction of sp³-hybridized carbons (Fsp3) is 0.667. The Morgan fingerprint density at radius 3 is 2.30 bits per heavy atom. The number of anilines is 1. The normalized spacial score (nSPS) is 11.6. The zero-order valence-electron chi connectivity index (χ0n) is 10.5. The van der Waals surface area contributed by atoms with Crippen LogP contribution in [0.3, 0.4) is 0 Å². The average Bonchev–Trinajstić information content (AvgIpc) is 2.34. The molecule has 20 heavy (non-hydrogen) atoms. The van der Waals surface area contributed by atoms with Crippen molar-refractivity contribution in [3.8, 4) is 0 Å². The zero-order chi connectivity index (χ0) is 15.0. The summed E-state index contributed by atoms with van der Waals surface area (Å²) in [6, 6.07) is 0. The quantitative estimate of drug-likeness (QED) is 0.551. The maximum absolute atomic E-state index is 11.5. The van der Waals surface area contributed by atoms with E-state index >= 15 is 0 Å². The highest BCUT2D eigenvalue weighted by atomic mass is 35.5. The van der Waals surface area contributed by atoms with Crippen LogP contribution in [0.2, 0.25) is 10.6 Å². The minimum Gasteiger partial charge on any atom is -0.396 e. The summed E-state index contributed by atoms with van der Waals surface area (Å²) in [5.74, 6) is 0.151. The molecule has 0 amide bonds. The number of sulfonamides is 1. The molecule has 0 atom stereocenters. The number of aliphatic hydroxyl groups is 1. The van der Waals surface area contributed by atoms with Gasteiger partial charge in [0.25, 0.3) is 0 Å². The van der Waals surface area contributed by atoms with Gasteiger partial charge in [0, 0.05) is 19.7 Å². The molecule has 11 heteroatoms. The minimum atomic E-state index is -3.33. The van der Waals surface area contributed by atoms with Gasteiger partial charge in [0.05, 0.1) is 5.75 Å². The molecule has 0 aliphatic rings. The van der Waals surface area contributed by atoms with Crippen LogP contribution in [0.4, 0.5) is 5.95 Å². The van der Waals surface area contributed by atoms with Crippen LogP contribution >= 0.6 is 23.2 Å². The van der Waals surface area contributed by atoms with E-state index in [9.17, 15) is 8.42 Å². The van der Waals surface area contributed by atoms with E-state index in [2.05, 4.69) is 25.0 Å². The van der Waals surface area contributed by atoms with Gasteiger partial charge < -0.3 is 10.4 Å². The molecule has 0 unspecified atom stereocenters. The Balaban J connectivity index is 2.30. The molecule has 1 rings (SSSR count). The minimum absolute atomic E-state index is 0.0363. The molecule has 0 aliphatic carbocycles. The molecule has 0 saturated carbocycles. The van der Waals surface area contributed by atoms with Crippen molar-refractivity contribution in [2.24, 2.45) is 0 Å². The van der Waals surface area contributed by atoms with E-state index in [1.807, 2.05) is 0 Å². The van der Waals surface area contributed by atoms with E-state index in [1.165, 1.54) is 0 Å². The number of hydrogen-bond donors (Lipinski definition) is 3. The first-order valence-electron chi connectivity index (χ1n) is 5.82. The molecule has 0 aromatic carbocycles. The third-order valence-electron chi connectivity index (χ3n) is 2.11. The molecule has 1 aromatic rings. The van der Waals surface area contributed by atoms with Crippen molar-refractivity contribution in [2.45, 2.75) is 12.8 Å². The smallest absolute Gasteiger partial charge is 0.228 e. The third-order valence-corrected chi connectivity index (χ3v) is 3.92. The van der Waals surface area contributed by atoms with Gasteiger partial charge in [-0.1, -0.05) is 0 Å². The molecule has 114 valence electrons. The molecule has 1 aromatic heterocycles. The van der Waals surface area contributed by atoms with Crippen LogP contribution in [-0.4, -0.2) is 53.9 Å². The Morgan fingerprint density at radius 2 is 1.70 bits per heavy atom. The van der Waals surface area contributed by atoms with E-state index in [0.29, 0.717) is 19.4 Å². The van der Waals surface area contributed by atoms with Crippen molar-refractivity contribution in [3.63, 3.8) is 0 Å². The van der Waals surface area contributed by atoms with Gasteiger partial charge in [0.15, 0.2) is 0 Å². The summed E-state index contributed by atoms with van der Waals surface area (Å²) in [7, 11) is -3.33. The van der Waals surface area contributed by atoms with Crippen molar-refractivity contribution in [3.05, 3.63) is 10.6 Å². The lowest BCUT2D eigenvalue weighted by atomic mass is 10.5. The van der Waals surface area contributed by atoms with Crippen LogP contribution in [0.5, 0.6) is 0 Å². The summed E-state index contributed by atoms with van der Waals surface area (Å²) < 4.78 is 25.4. The monoisotopic (exact) mass is 343 g/mol. The van der Waals surface area contributed by atoms with Gasteiger partial charge in [-0.15, -0.1) is 0 Å².